The van der Waals surface area contributed by atoms with Crippen LogP contribution in [0.4, 0.5) is 0 Å². The molecule has 7 aromatic rings. The molecule has 53 heavy (non-hydrogen) atoms. The van der Waals surface area contributed by atoms with Crippen LogP contribution in [0.15, 0.2) is 196 Å². The van der Waals surface area contributed by atoms with Gasteiger partial charge in [0, 0.05) is 43.7 Å². The third-order valence-corrected chi connectivity index (χ3v) is 11.7. The largest absolute Gasteiger partial charge is 0.497 e. The first kappa shape index (κ1) is 31.3. The Balaban J connectivity index is 1.40. The van der Waals surface area contributed by atoms with Crippen LogP contribution in [0, 0.1) is 0 Å². The van der Waals surface area contributed by atoms with E-state index in [2.05, 4.69) is 148 Å². The smallest absolute Gasteiger partial charge is 0.420 e. The van der Waals surface area contributed by atoms with Gasteiger partial charge in [-0.25, -0.2) is 9.20 Å². The van der Waals surface area contributed by atoms with Gasteiger partial charge in [0.05, 0.1) is 34.2 Å². The molecule has 0 aliphatic carbocycles. The molecule has 0 fully saturated rings. The van der Waals surface area contributed by atoms with Crippen LogP contribution < -0.4 is 20.9 Å². The molecule has 5 aromatic carbocycles. The SMILES string of the molecule is COc1ccc(S(=O)C2=CC3=NC2=C(c2ccccc2)c2ccc4n2B(c2ccccc2)n2c(ccc2=C4c2ccccc2)=C3c2ccccc2)cc1. The maximum absolute atomic E-state index is 14.9. The molecule has 5 heterocycles. The van der Waals surface area contributed by atoms with Crippen molar-refractivity contribution in [3.63, 3.8) is 0 Å². The van der Waals surface area contributed by atoms with Crippen molar-refractivity contribution in [2.24, 2.45) is 4.99 Å². The number of fused-ring (bicyclic) bond motifs is 1. The molecular formula is C46H32BN3O2S. The molecule has 1 unspecified atom stereocenters. The van der Waals surface area contributed by atoms with E-state index in [9.17, 15) is 4.21 Å². The minimum atomic E-state index is -1.56. The Bertz CT molecular complexity index is 2800. The number of methoxy groups -OCH3 is 1. The molecule has 2 aromatic heterocycles. The van der Waals surface area contributed by atoms with Crippen molar-refractivity contribution in [1.29, 1.82) is 0 Å². The van der Waals surface area contributed by atoms with Crippen molar-refractivity contribution in [2.75, 3.05) is 7.11 Å². The number of hydrogen-bond acceptors (Lipinski definition) is 3. The number of benzene rings is 5. The van der Waals surface area contributed by atoms with Crippen LogP contribution in [0.5, 0.6) is 5.75 Å². The summed E-state index contributed by atoms with van der Waals surface area (Å²) in [6, 6.07) is 58.8. The molecule has 3 aliphatic rings. The molecule has 0 radical (unpaired) electrons. The van der Waals surface area contributed by atoms with E-state index in [0.717, 1.165) is 66.7 Å². The minimum Gasteiger partial charge on any atom is -0.497 e. The maximum atomic E-state index is 14.9. The van der Waals surface area contributed by atoms with Gasteiger partial charge in [-0.3, -0.25) is 0 Å². The average molecular weight is 702 g/mol. The van der Waals surface area contributed by atoms with E-state index in [1.54, 1.807) is 7.11 Å². The number of aliphatic imine (C=N–C) groups is 1. The molecular weight excluding hydrogens is 669 g/mol. The van der Waals surface area contributed by atoms with E-state index in [1.165, 1.54) is 0 Å². The second kappa shape index (κ2) is 12.7. The molecule has 7 heteroatoms. The van der Waals surface area contributed by atoms with Crippen molar-refractivity contribution >= 4 is 45.7 Å². The van der Waals surface area contributed by atoms with Crippen LogP contribution in [0.3, 0.4) is 0 Å². The number of hydrogen-bond donors (Lipinski definition) is 0. The van der Waals surface area contributed by atoms with Gasteiger partial charge >= 0.3 is 6.98 Å². The molecule has 252 valence electrons. The summed E-state index contributed by atoms with van der Waals surface area (Å²) in [5, 5.41) is 2.16. The standard InChI is InChI=1S/C46H32BN3O2S/c1-52-35-22-24-36(25-23-35)53(51)42-30-37-43(31-14-6-2-7-15-31)38-26-27-39-44(32-16-8-3-9-17-32)40-28-29-41(45(46(42)48-37)33-18-10-4-11-19-33)50(40)47(49(38)39)34-20-12-5-13-21-34/h2-30H,1H3. The van der Waals surface area contributed by atoms with E-state index in [4.69, 9.17) is 9.73 Å². The highest BCUT2D eigenvalue weighted by Crippen LogP contribution is 2.41. The van der Waals surface area contributed by atoms with Crippen molar-refractivity contribution in [2.45, 2.75) is 4.90 Å². The predicted molar refractivity (Wildman–Crippen MR) is 215 cm³/mol. The van der Waals surface area contributed by atoms with Crippen molar-refractivity contribution in [1.82, 2.24) is 8.96 Å². The Morgan fingerprint density at radius 1 is 0.547 bits per heavy atom. The van der Waals surface area contributed by atoms with Crippen LogP contribution in [-0.4, -0.2) is 33.0 Å². The number of allylic oxidation sites excluding steroid dienone is 1. The first-order valence-corrected chi connectivity index (χ1v) is 18.8. The number of rotatable bonds is 7. The second-order valence-electron chi connectivity index (χ2n) is 13.3. The van der Waals surface area contributed by atoms with Gasteiger partial charge in [-0.1, -0.05) is 121 Å². The summed E-state index contributed by atoms with van der Waals surface area (Å²) in [5.41, 5.74) is 11.0. The number of ether oxygens (including phenoxy) is 1. The van der Waals surface area contributed by atoms with E-state index in [0.29, 0.717) is 21.2 Å². The highest BCUT2D eigenvalue weighted by atomic mass is 32.2. The van der Waals surface area contributed by atoms with Crippen molar-refractivity contribution in [3.05, 3.63) is 225 Å². The van der Waals surface area contributed by atoms with E-state index in [-0.39, 0.29) is 6.98 Å². The van der Waals surface area contributed by atoms with Gasteiger partial charge in [0.1, 0.15) is 5.75 Å². The van der Waals surface area contributed by atoms with Crippen LogP contribution in [0.25, 0.3) is 16.7 Å². The average Bonchev–Trinajstić information content (AvgIpc) is 3.97. The Morgan fingerprint density at radius 3 is 1.64 bits per heavy atom. The summed E-state index contributed by atoms with van der Waals surface area (Å²) in [6.07, 6.45) is 2.05. The highest BCUT2D eigenvalue weighted by molar-refractivity contribution is 7.89. The Labute approximate surface area is 310 Å². The van der Waals surface area contributed by atoms with Crippen molar-refractivity contribution < 1.29 is 8.95 Å². The highest BCUT2D eigenvalue weighted by Gasteiger charge is 2.38. The third-order valence-electron chi connectivity index (χ3n) is 10.3. The lowest BCUT2D eigenvalue weighted by Crippen LogP contribution is -2.57. The summed E-state index contributed by atoms with van der Waals surface area (Å²) >= 11 is 0. The van der Waals surface area contributed by atoms with E-state index in [1.807, 2.05) is 36.4 Å². The van der Waals surface area contributed by atoms with Gasteiger partial charge in [0.15, 0.2) is 0 Å². The Kier molecular flexibility index (Phi) is 7.48. The van der Waals surface area contributed by atoms with Gasteiger partial charge in [0.2, 0.25) is 0 Å². The minimum absolute atomic E-state index is 0.227. The second-order valence-corrected chi connectivity index (χ2v) is 14.7. The zero-order chi connectivity index (χ0) is 35.5. The molecule has 0 amide bonds. The molecule has 5 nitrogen and oxygen atoms in total. The van der Waals surface area contributed by atoms with Crippen LogP contribution >= 0.6 is 0 Å². The van der Waals surface area contributed by atoms with E-state index >= 15 is 0 Å². The van der Waals surface area contributed by atoms with Crippen LogP contribution in [-0.2, 0) is 10.8 Å². The summed E-state index contributed by atoms with van der Waals surface area (Å²) in [7, 11) is 0.0801. The third kappa shape index (κ3) is 5.00. The summed E-state index contributed by atoms with van der Waals surface area (Å²) < 4.78 is 25.3. The molecule has 1 atom stereocenters. The van der Waals surface area contributed by atoms with Crippen LogP contribution in [0.1, 0.15) is 28.1 Å². The molecule has 3 aliphatic heterocycles. The lowest BCUT2D eigenvalue weighted by atomic mass is 9.64. The van der Waals surface area contributed by atoms with E-state index < -0.39 is 10.8 Å². The molecule has 0 saturated carbocycles. The first-order chi connectivity index (χ1) is 26.2. The van der Waals surface area contributed by atoms with Gasteiger partial charge in [0.25, 0.3) is 0 Å². The summed E-state index contributed by atoms with van der Waals surface area (Å²) in [5.74, 6) is 0.715. The first-order valence-electron chi connectivity index (χ1n) is 17.7. The fraction of sp³-hybridized carbons (Fsp3) is 0.0217. The lowest BCUT2D eigenvalue weighted by molar-refractivity contribution is 0.414. The maximum Gasteiger partial charge on any atom is 0.420 e. The fourth-order valence-electron chi connectivity index (χ4n) is 8.03. The van der Waals surface area contributed by atoms with Crippen molar-refractivity contribution in [3.8, 4) is 5.75 Å². The predicted octanol–water partition coefficient (Wildman–Crippen LogP) is 6.77. The normalized spacial score (nSPS) is 14.9. The number of aromatic nitrogens is 2. The molecule has 0 N–H and O–H groups in total. The summed E-state index contributed by atoms with van der Waals surface area (Å²) in [4.78, 5) is 6.87. The van der Waals surface area contributed by atoms with Gasteiger partial charge in [-0.05, 0) is 76.8 Å². The van der Waals surface area contributed by atoms with Crippen LogP contribution in [0.2, 0.25) is 0 Å². The quantitative estimate of drug-likeness (QED) is 0.173. The van der Waals surface area contributed by atoms with Gasteiger partial charge < -0.3 is 13.7 Å². The monoisotopic (exact) mass is 701 g/mol. The molecule has 4 bridgehead atoms. The summed E-state index contributed by atoms with van der Waals surface area (Å²) in [6.45, 7) is -0.227. The number of nitrogens with zero attached hydrogens (tertiary/aromatic N) is 3. The molecule has 10 rings (SSSR count). The zero-order valence-corrected chi connectivity index (χ0v) is 29.7. The van der Waals surface area contributed by atoms with Gasteiger partial charge in [-0.15, -0.1) is 0 Å². The topological polar surface area (TPSA) is 48.5 Å². The Hall–Kier alpha value is -6.44. The zero-order valence-electron chi connectivity index (χ0n) is 28.9. The Morgan fingerprint density at radius 2 is 1.06 bits per heavy atom. The molecule has 0 spiro atoms. The fourth-order valence-corrected chi connectivity index (χ4v) is 9.21. The lowest BCUT2D eigenvalue weighted by Gasteiger charge is -2.31. The van der Waals surface area contributed by atoms with Gasteiger partial charge in [-0.2, -0.15) is 0 Å². The molecule has 0 saturated heterocycles.